The van der Waals surface area contributed by atoms with Gasteiger partial charge in [-0.2, -0.15) is 13.2 Å². The Kier molecular flexibility index (Phi) is 9.60. The fourth-order valence-electron chi connectivity index (χ4n) is 4.54. The number of hydrogen-bond acceptors (Lipinski definition) is 8. The summed E-state index contributed by atoms with van der Waals surface area (Å²) in [4.78, 5) is 37.1. The zero-order valence-electron chi connectivity index (χ0n) is 23.7. The molecule has 14 heteroatoms. The molecule has 1 aliphatic rings. The van der Waals surface area contributed by atoms with Crippen LogP contribution in [0, 0.1) is 0 Å². The maximum absolute atomic E-state index is 13.1. The van der Waals surface area contributed by atoms with Gasteiger partial charge in [-0.3, -0.25) is 14.4 Å². The lowest BCUT2D eigenvalue weighted by Crippen LogP contribution is -2.44. The van der Waals surface area contributed by atoms with Crippen molar-refractivity contribution in [2.24, 2.45) is 0 Å². The number of ether oxygens (including phenoxy) is 1. The standard InChI is InChI=1S/C29H31F3N4O6S/c1-4-43(39,40)24-12-5-19(6-13-24)16-34-27(37)20-7-14-26(33-17-20)36-18-23(15-25(36)28(38)35(2)41-3)42-22-10-8-21(9-11-22)29(30,31)32/h5-14,17,23,25H,4,15-16,18H2,1-3H3,(H,34,37)/t23?,25-/m0/s1. The van der Waals surface area contributed by atoms with Crippen LogP contribution < -0.4 is 15.0 Å². The third-order valence-corrected chi connectivity index (χ3v) is 8.79. The molecule has 1 unspecified atom stereocenters. The van der Waals surface area contributed by atoms with Crippen molar-refractivity contribution in [2.75, 3.05) is 31.4 Å². The number of anilines is 1. The Balaban J connectivity index is 1.43. The Morgan fingerprint density at radius 1 is 1.07 bits per heavy atom. The molecule has 3 aromatic rings. The molecule has 1 fully saturated rings. The van der Waals surface area contributed by atoms with E-state index < -0.39 is 39.6 Å². The summed E-state index contributed by atoms with van der Waals surface area (Å²) >= 11 is 0. The predicted molar refractivity (Wildman–Crippen MR) is 151 cm³/mol. The number of halogens is 3. The van der Waals surface area contributed by atoms with Crippen molar-refractivity contribution in [3.05, 3.63) is 83.6 Å². The van der Waals surface area contributed by atoms with Crippen LogP contribution in [0.25, 0.3) is 0 Å². The normalized spacial score (nSPS) is 17.0. The van der Waals surface area contributed by atoms with Crippen LogP contribution in [0.1, 0.15) is 34.8 Å². The van der Waals surface area contributed by atoms with Crippen LogP contribution >= 0.6 is 0 Å². The summed E-state index contributed by atoms with van der Waals surface area (Å²) in [6, 6.07) is 13.0. The number of pyridine rings is 1. The van der Waals surface area contributed by atoms with Crippen molar-refractivity contribution in [1.29, 1.82) is 0 Å². The highest BCUT2D eigenvalue weighted by atomic mass is 32.2. The smallest absolute Gasteiger partial charge is 0.416 e. The van der Waals surface area contributed by atoms with Gasteiger partial charge in [-0.15, -0.1) is 0 Å². The van der Waals surface area contributed by atoms with Crippen molar-refractivity contribution in [3.63, 3.8) is 0 Å². The Bertz CT molecular complexity index is 1530. The van der Waals surface area contributed by atoms with Crippen LogP contribution in [0.5, 0.6) is 5.75 Å². The first-order chi connectivity index (χ1) is 20.3. The molecule has 4 rings (SSSR count). The van der Waals surface area contributed by atoms with Crippen molar-refractivity contribution >= 4 is 27.5 Å². The molecule has 2 aromatic carbocycles. The molecule has 43 heavy (non-hydrogen) atoms. The van der Waals surface area contributed by atoms with E-state index in [1.807, 2.05) is 0 Å². The maximum Gasteiger partial charge on any atom is 0.416 e. The molecule has 0 spiro atoms. The van der Waals surface area contributed by atoms with Gasteiger partial charge in [0.1, 0.15) is 23.7 Å². The van der Waals surface area contributed by atoms with Crippen LogP contribution in [0.2, 0.25) is 0 Å². The number of carbonyl (C=O) groups is 2. The molecule has 0 aliphatic carbocycles. The number of sulfone groups is 1. The molecule has 0 saturated carbocycles. The van der Waals surface area contributed by atoms with Crippen LogP contribution in [0.15, 0.2) is 71.8 Å². The molecule has 2 atom stereocenters. The monoisotopic (exact) mass is 620 g/mol. The van der Waals surface area contributed by atoms with Crippen LogP contribution in [0.4, 0.5) is 19.0 Å². The van der Waals surface area contributed by atoms with Gasteiger partial charge in [-0.25, -0.2) is 18.5 Å². The third kappa shape index (κ3) is 7.62. The van der Waals surface area contributed by atoms with E-state index in [9.17, 15) is 31.2 Å². The Morgan fingerprint density at radius 3 is 2.30 bits per heavy atom. The lowest BCUT2D eigenvalue weighted by atomic mass is 10.1. The minimum absolute atomic E-state index is 0.00563. The van der Waals surface area contributed by atoms with Gasteiger partial charge >= 0.3 is 6.18 Å². The van der Waals surface area contributed by atoms with E-state index in [0.717, 1.165) is 17.2 Å². The van der Waals surface area contributed by atoms with Crippen molar-refractivity contribution in [2.45, 2.75) is 43.1 Å². The molecule has 1 saturated heterocycles. The first-order valence-corrected chi connectivity index (χ1v) is 15.0. The topological polar surface area (TPSA) is 118 Å². The van der Waals surface area contributed by atoms with Crippen LogP contribution in [0.3, 0.4) is 0 Å². The highest BCUT2D eigenvalue weighted by molar-refractivity contribution is 7.91. The Hall–Kier alpha value is -4.17. The number of amides is 2. The highest BCUT2D eigenvalue weighted by Crippen LogP contribution is 2.32. The van der Waals surface area contributed by atoms with Gasteiger partial charge in [0.05, 0.1) is 35.4 Å². The third-order valence-electron chi connectivity index (χ3n) is 7.04. The van der Waals surface area contributed by atoms with Gasteiger partial charge in [0.25, 0.3) is 11.8 Å². The summed E-state index contributed by atoms with van der Waals surface area (Å²) in [7, 11) is -0.510. The minimum Gasteiger partial charge on any atom is -0.488 e. The highest BCUT2D eigenvalue weighted by Gasteiger charge is 2.40. The number of likely N-dealkylation sites (N-methyl/N-ethyl adjacent to an activating group) is 1. The largest absolute Gasteiger partial charge is 0.488 e. The molecule has 2 amide bonds. The zero-order valence-corrected chi connectivity index (χ0v) is 24.5. The molecule has 230 valence electrons. The molecule has 10 nitrogen and oxygen atoms in total. The number of hydroxylamine groups is 2. The summed E-state index contributed by atoms with van der Waals surface area (Å²) in [6.07, 6.45) is -3.42. The minimum atomic E-state index is -4.47. The number of nitrogens with zero attached hydrogens (tertiary/aromatic N) is 3. The number of rotatable bonds is 10. The van der Waals surface area contributed by atoms with E-state index in [4.69, 9.17) is 9.57 Å². The number of carbonyl (C=O) groups excluding carboxylic acids is 2. The van der Waals surface area contributed by atoms with E-state index in [1.165, 1.54) is 44.6 Å². The lowest BCUT2D eigenvalue weighted by molar-refractivity contribution is -0.170. The number of nitrogens with one attached hydrogen (secondary N) is 1. The molecule has 2 heterocycles. The lowest BCUT2D eigenvalue weighted by Gasteiger charge is -2.27. The second-order valence-corrected chi connectivity index (χ2v) is 12.1. The van der Waals surface area contributed by atoms with E-state index >= 15 is 0 Å². The number of aromatic nitrogens is 1. The molecule has 0 radical (unpaired) electrons. The van der Waals surface area contributed by atoms with Crippen molar-refractivity contribution < 1.29 is 40.8 Å². The number of benzene rings is 2. The summed E-state index contributed by atoms with van der Waals surface area (Å²) in [5.74, 6) is -0.157. The summed E-state index contributed by atoms with van der Waals surface area (Å²) in [5.41, 5.74) is 0.187. The Labute approximate surface area is 247 Å². The second kappa shape index (κ2) is 13.0. The SMILES string of the molecule is CCS(=O)(=O)c1ccc(CNC(=O)c2ccc(N3CC(Oc4ccc(C(F)(F)F)cc4)C[C@H]3C(=O)N(C)OC)nc2)cc1. The molecular weight excluding hydrogens is 589 g/mol. The summed E-state index contributed by atoms with van der Waals surface area (Å²) in [6.45, 7) is 1.94. The molecule has 0 bridgehead atoms. The quantitative estimate of drug-likeness (QED) is 0.340. The first-order valence-electron chi connectivity index (χ1n) is 13.3. The van der Waals surface area contributed by atoms with Crippen molar-refractivity contribution in [1.82, 2.24) is 15.4 Å². The van der Waals surface area contributed by atoms with E-state index in [1.54, 1.807) is 36.1 Å². The van der Waals surface area contributed by atoms with E-state index in [0.29, 0.717) is 11.4 Å². The first kappa shape index (κ1) is 31.8. The van der Waals surface area contributed by atoms with Gasteiger partial charge in [-0.1, -0.05) is 19.1 Å². The van der Waals surface area contributed by atoms with E-state index in [-0.39, 0.29) is 47.4 Å². The average Bonchev–Trinajstić information content (AvgIpc) is 3.42. The van der Waals surface area contributed by atoms with E-state index in [2.05, 4.69) is 10.3 Å². The second-order valence-electron chi connectivity index (χ2n) is 9.82. The maximum atomic E-state index is 13.1. The van der Waals surface area contributed by atoms with Crippen LogP contribution in [-0.4, -0.2) is 68.9 Å². The zero-order chi connectivity index (χ0) is 31.4. The van der Waals surface area contributed by atoms with Crippen molar-refractivity contribution in [3.8, 4) is 5.75 Å². The summed E-state index contributed by atoms with van der Waals surface area (Å²) in [5, 5.41) is 3.84. The molecular formula is C29H31F3N4O6S. The van der Waals surface area contributed by atoms with Gasteiger partial charge in [0.2, 0.25) is 0 Å². The number of hydrogen-bond donors (Lipinski definition) is 1. The predicted octanol–water partition coefficient (Wildman–Crippen LogP) is 3.87. The molecule has 1 aromatic heterocycles. The Morgan fingerprint density at radius 2 is 1.74 bits per heavy atom. The molecule has 1 aliphatic heterocycles. The van der Waals surface area contributed by atoms with Gasteiger partial charge < -0.3 is 15.0 Å². The fourth-order valence-corrected chi connectivity index (χ4v) is 5.42. The fraction of sp³-hybridized carbons (Fsp3) is 0.345. The average molecular weight is 621 g/mol. The van der Waals surface area contributed by atoms with Gasteiger partial charge in [0.15, 0.2) is 9.84 Å². The van der Waals surface area contributed by atoms with Gasteiger partial charge in [-0.05, 0) is 54.1 Å². The number of alkyl halides is 3. The van der Waals surface area contributed by atoms with Crippen LogP contribution in [-0.2, 0) is 32.2 Å². The van der Waals surface area contributed by atoms with Gasteiger partial charge in [0, 0.05) is 26.2 Å². The summed E-state index contributed by atoms with van der Waals surface area (Å²) < 4.78 is 68.6. The molecule has 1 N–H and O–H groups in total.